The predicted octanol–water partition coefficient (Wildman–Crippen LogP) is 1.64. The number of carboxylic acids is 1. The number of carboxylic acid groups (broad SMARTS) is 1. The third-order valence-corrected chi connectivity index (χ3v) is 3.58. The van der Waals surface area contributed by atoms with E-state index < -0.39 is 17.7 Å². The highest BCUT2D eigenvalue weighted by Crippen LogP contribution is 2.17. The minimum absolute atomic E-state index is 0.0365. The van der Waals surface area contributed by atoms with Gasteiger partial charge in [0.1, 0.15) is 5.82 Å². The molecule has 0 aromatic heterocycles. The molecule has 6 nitrogen and oxygen atoms in total. The van der Waals surface area contributed by atoms with Crippen LogP contribution in [0.1, 0.15) is 23.2 Å². The average Bonchev–Trinajstić information content (AvgIpc) is 2.46. The van der Waals surface area contributed by atoms with Crippen LogP contribution >= 0.6 is 15.9 Å². The molecule has 0 heterocycles. The van der Waals surface area contributed by atoms with E-state index in [4.69, 9.17) is 5.11 Å². The number of carbonyl (C=O) groups is 3. The van der Waals surface area contributed by atoms with E-state index in [1.807, 2.05) is 0 Å². The van der Waals surface area contributed by atoms with Crippen LogP contribution in [0.25, 0.3) is 0 Å². The summed E-state index contributed by atoms with van der Waals surface area (Å²) in [6.07, 6.45) is -0.0976. The predicted molar refractivity (Wildman–Crippen MR) is 80.9 cm³/mol. The summed E-state index contributed by atoms with van der Waals surface area (Å²) in [5, 5.41) is 11.1. The van der Waals surface area contributed by atoms with Crippen LogP contribution in [0.5, 0.6) is 0 Å². The quantitative estimate of drug-likeness (QED) is 0.759. The van der Waals surface area contributed by atoms with E-state index in [0.717, 1.165) is 6.07 Å². The lowest BCUT2D eigenvalue weighted by Crippen LogP contribution is -2.33. The van der Waals surface area contributed by atoms with Crippen LogP contribution in [0, 0.1) is 5.82 Å². The summed E-state index contributed by atoms with van der Waals surface area (Å²) in [5.41, 5.74) is 0.145. The van der Waals surface area contributed by atoms with Crippen molar-refractivity contribution in [3.05, 3.63) is 34.1 Å². The second-order valence-electron chi connectivity index (χ2n) is 4.59. The van der Waals surface area contributed by atoms with Crippen molar-refractivity contribution in [1.82, 2.24) is 10.2 Å². The highest BCUT2D eigenvalue weighted by Gasteiger charge is 2.13. The Morgan fingerprint density at radius 2 is 2.00 bits per heavy atom. The first-order valence-electron chi connectivity index (χ1n) is 6.50. The van der Waals surface area contributed by atoms with E-state index in [2.05, 4.69) is 21.2 Å². The van der Waals surface area contributed by atoms with Gasteiger partial charge in [-0.2, -0.15) is 0 Å². The van der Waals surface area contributed by atoms with Gasteiger partial charge < -0.3 is 15.3 Å². The molecule has 120 valence electrons. The van der Waals surface area contributed by atoms with Crippen LogP contribution in [-0.2, 0) is 9.59 Å². The molecule has 0 saturated carbocycles. The first kappa shape index (κ1) is 18.1. The Morgan fingerprint density at radius 1 is 1.32 bits per heavy atom. The summed E-state index contributed by atoms with van der Waals surface area (Å²) in [5.74, 6) is -2.28. The Kier molecular flexibility index (Phi) is 6.97. The van der Waals surface area contributed by atoms with Gasteiger partial charge >= 0.3 is 5.97 Å². The van der Waals surface area contributed by atoms with Crippen molar-refractivity contribution < 1.29 is 23.9 Å². The Morgan fingerprint density at radius 3 is 2.64 bits per heavy atom. The van der Waals surface area contributed by atoms with E-state index in [1.54, 1.807) is 0 Å². The first-order valence-corrected chi connectivity index (χ1v) is 7.29. The molecule has 0 fully saturated rings. The third-order valence-electron chi connectivity index (χ3n) is 2.88. The van der Waals surface area contributed by atoms with Gasteiger partial charge in [0.15, 0.2) is 0 Å². The highest BCUT2D eigenvalue weighted by atomic mass is 79.9. The van der Waals surface area contributed by atoms with Crippen LogP contribution < -0.4 is 5.32 Å². The number of nitrogens with one attached hydrogen (secondary N) is 1. The smallest absolute Gasteiger partial charge is 0.305 e. The number of rotatable bonds is 7. The fourth-order valence-corrected chi connectivity index (χ4v) is 2.06. The van der Waals surface area contributed by atoms with Crippen LogP contribution in [0.3, 0.4) is 0 Å². The molecular formula is C14H16BrFN2O4. The lowest BCUT2D eigenvalue weighted by Gasteiger charge is -2.16. The Balaban J connectivity index is 2.43. The molecule has 1 rings (SSSR count). The standard InChI is InChI=1S/C14H16BrFN2O4/c1-18(7-5-13(20)21)12(19)4-6-17-14(22)10-8-9(16)2-3-11(10)15/h2-3,8H,4-7H2,1H3,(H,17,22)(H,20,21). The van der Waals surface area contributed by atoms with Crippen molar-refractivity contribution in [3.63, 3.8) is 0 Å². The number of amides is 2. The summed E-state index contributed by atoms with van der Waals surface area (Å²) in [6.45, 7) is 0.190. The molecule has 0 aliphatic rings. The summed E-state index contributed by atoms with van der Waals surface area (Å²) in [6, 6.07) is 3.75. The van der Waals surface area contributed by atoms with Crippen LogP contribution in [0.2, 0.25) is 0 Å². The molecule has 22 heavy (non-hydrogen) atoms. The van der Waals surface area contributed by atoms with E-state index in [9.17, 15) is 18.8 Å². The maximum atomic E-state index is 13.1. The van der Waals surface area contributed by atoms with Crippen molar-refractivity contribution in [3.8, 4) is 0 Å². The molecule has 2 N–H and O–H groups in total. The molecule has 0 saturated heterocycles. The topological polar surface area (TPSA) is 86.7 Å². The average molecular weight is 375 g/mol. The van der Waals surface area contributed by atoms with Crippen LogP contribution in [-0.4, -0.2) is 47.9 Å². The fraction of sp³-hybridized carbons (Fsp3) is 0.357. The van der Waals surface area contributed by atoms with Crippen molar-refractivity contribution >= 4 is 33.7 Å². The Hall–Kier alpha value is -1.96. The summed E-state index contributed by atoms with van der Waals surface area (Å²) >= 11 is 3.15. The zero-order valence-corrected chi connectivity index (χ0v) is 13.5. The van der Waals surface area contributed by atoms with Crippen molar-refractivity contribution in [2.45, 2.75) is 12.8 Å². The lowest BCUT2D eigenvalue weighted by molar-refractivity contribution is -0.138. The molecular weight excluding hydrogens is 359 g/mol. The van der Waals surface area contributed by atoms with Gasteiger partial charge in [-0.25, -0.2) is 4.39 Å². The summed E-state index contributed by atoms with van der Waals surface area (Å²) < 4.78 is 13.6. The molecule has 0 radical (unpaired) electrons. The van der Waals surface area contributed by atoms with Gasteiger partial charge in [-0.15, -0.1) is 0 Å². The zero-order chi connectivity index (χ0) is 16.7. The van der Waals surface area contributed by atoms with Gasteiger partial charge in [-0.05, 0) is 34.1 Å². The normalized spacial score (nSPS) is 10.1. The number of halogens is 2. The first-order chi connectivity index (χ1) is 10.3. The number of aliphatic carboxylic acids is 1. The van der Waals surface area contributed by atoms with Gasteiger partial charge in [0.25, 0.3) is 5.91 Å². The maximum absolute atomic E-state index is 13.1. The SMILES string of the molecule is CN(CCC(=O)O)C(=O)CCNC(=O)c1cc(F)ccc1Br. The minimum atomic E-state index is -0.982. The van der Waals surface area contributed by atoms with E-state index in [-0.39, 0.29) is 37.4 Å². The van der Waals surface area contributed by atoms with Crippen LogP contribution in [0.15, 0.2) is 22.7 Å². The molecule has 1 aromatic carbocycles. The Labute approximate surface area is 135 Å². The largest absolute Gasteiger partial charge is 0.481 e. The Bertz CT molecular complexity index is 580. The minimum Gasteiger partial charge on any atom is -0.481 e. The van der Waals surface area contributed by atoms with Gasteiger partial charge in [-0.3, -0.25) is 14.4 Å². The van der Waals surface area contributed by atoms with Gasteiger partial charge in [0, 0.05) is 31.0 Å². The van der Waals surface area contributed by atoms with Crippen molar-refractivity contribution in [1.29, 1.82) is 0 Å². The molecule has 0 bridgehead atoms. The maximum Gasteiger partial charge on any atom is 0.305 e. The molecule has 0 spiro atoms. The number of hydrogen-bond donors (Lipinski definition) is 2. The molecule has 0 unspecified atom stereocenters. The molecule has 8 heteroatoms. The van der Waals surface area contributed by atoms with Crippen LogP contribution in [0.4, 0.5) is 4.39 Å². The summed E-state index contributed by atoms with van der Waals surface area (Å²) in [4.78, 5) is 35.3. The van der Waals surface area contributed by atoms with E-state index in [0.29, 0.717) is 4.47 Å². The third kappa shape index (κ3) is 5.80. The number of nitrogens with zero attached hydrogens (tertiary/aromatic N) is 1. The second-order valence-corrected chi connectivity index (χ2v) is 5.44. The lowest BCUT2D eigenvalue weighted by atomic mass is 10.2. The van der Waals surface area contributed by atoms with E-state index >= 15 is 0 Å². The molecule has 0 aliphatic carbocycles. The van der Waals surface area contributed by atoms with Gasteiger partial charge in [-0.1, -0.05) is 0 Å². The fourth-order valence-electron chi connectivity index (χ4n) is 1.63. The monoisotopic (exact) mass is 374 g/mol. The zero-order valence-electron chi connectivity index (χ0n) is 11.9. The molecule has 0 atom stereocenters. The molecule has 0 aliphatic heterocycles. The highest BCUT2D eigenvalue weighted by molar-refractivity contribution is 9.10. The summed E-state index contributed by atoms with van der Waals surface area (Å²) in [7, 11) is 1.50. The molecule has 1 aromatic rings. The van der Waals surface area contributed by atoms with Gasteiger partial charge in [0.2, 0.25) is 5.91 Å². The van der Waals surface area contributed by atoms with Crippen molar-refractivity contribution in [2.75, 3.05) is 20.1 Å². The second kappa shape index (κ2) is 8.47. The number of carbonyl (C=O) groups excluding carboxylic acids is 2. The number of benzene rings is 1. The number of hydrogen-bond acceptors (Lipinski definition) is 3. The van der Waals surface area contributed by atoms with Gasteiger partial charge in [0.05, 0.1) is 12.0 Å². The molecule has 2 amide bonds. The van der Waals surface area contributed by atoms with E-state index in [1.165, 1.54) is 24.1 Å². The van der Waals surface area contributed by atoms with Crippen molar-refractivity contribution in [2.24, 2.45) is 0 Å².